The summed E-state index contributed by atoms with van der Waals surface area (Å²) >= 11 is 0. The van der Waals surface area contributed by atoms with Gasteiger partial charge in [0.1, 0.15) is 0 Å². The van der Waals surface area contributed by atoms with E-state index in [0.717, 1.165) is 18.5 Å². The van der Waals surface area contributed by atoms with Gasteiger partial charge in [0.05, 0.1) is 18.7 Å². The number of H-pyrrole nitrogens is 1. The zero-order valence-corrected chi connectivity index (χ0v) is 10.1. The lowest BCUT2D eigenvalue weighted by Crippen LogP contribution is -2.67. The number of aliphatic hydroxyl groups is 1. The molecule has 1 amide bonds. The number of nitrogens with zero attached hydrogens (tertiary/aromatic N) is 1. The summed E-state index contributed by atoms with van der Waals surface area (Å²) in [5, 5.41) is 9.43. The Balaban J connectivity index is 2.04. The molecular weight excluding hydrogens is 242 g/mol. The summed E-state index contributed by atoms with van der Waals surface area (Å²) in [6.07, 6.45) is 0.475. The van der Waals surface area contributed by atoms with Crippen LogP contribution in [0.5, 0.6) is 0 Å². The van der Waals surface area contributed by atoms with E-state index in [-0.39, 0.29) is 19.0 Å². The van der Waals surface area contributed by atoms with Crippen LogP contribution in [0.4, 0.5) is 8.78 Å². The van der Waals surface area contributed by atoms with E-state index in [2.05, 4.69) is 4.98 Å². The van der Waals surface area contributed by atoms with Crippen molar-refractivity contribution >= 4 is 5.91 Å². The molecule has 0 bridgehead atoms. The average Bonchev–Trinajstić information content (AvgIpc) is 2.72. The van der Waals surface area contributed by atoms with E-state index >= 15 is 0 Å². The normalized spacial score (nSPS) is 17.9. The van der Waals surface area contributed by atoms with Crippen LogP contribution in [-0.2, 0) is 6.42 Å². The maximum atomic E-state index is 12.4. The molecule has 0 spiro atoms. The van der Waals surface area contributed by atoms with E-state index in [0.29, 0.717) is 5.56 Å². The first kappa shape index (κ1) is 13.0. The number of carbonyl (C=O) groups is 1. The lowest BCUT2D eigenvalue weighted by atomic mass is 9.93. The molecule has 18 heavy (non-hydrogen) atoms. The molecule has 0 aromatic carbocycles. The highest BCUT2D eigenvalue weighted by Crippen LogP contribution is 2.29. The number of aromatic amines is 1. The number of hydrogen-bond donors (Lipinski definition) is 2. The number of halogens is 2. The van der Waals surface area contributed by atoms with Gasteiger partial charge in [0.25, 0.3) is 12.3 Å². The Bertz CT molecular complexity index is 439. The van der Waals surface area contributed by atoms with Crippen molar-refractivity contribution in [2.45, 2.75) is 31.8 Å². The highest BCUT2D eigenvalue weighted by atomic mass is 19.3. The minimum Gasteiger partial charge on any atom is -0.380 e. The zero-order valence-electron chi connectivity index (χ0n) is 10.1. The van der Waals surface area contributed by atoms with Gasteiger partial charge in [-0.1, -0.05) is 13.3 Å². The third kappa shape index (κ3) is 2.12. The summed E-state index contributed by atoms with van der Waals surface area (Å²) in [5.41, 5.74) is -0.709. The van der Waals surface area contributed by atoms with E-state index in [4.69, 9.17) is 0 Å². The molecule has 6 heteroatoms. The van der Waals surface area contributed by atoms with Crippen LogP contribution in [-0.4, -0.2) is 46.0 Å². The summed E-state index contributed by atoms with van der Waals surface area (Å²) in [6.45, 7) is 1.38. The van der Waals surface area contributed by atoms with Crippen LogP contribution in [0.3, 0.4) is 0 Å². The Kier molecular flexibility index (Phi) is 3.38. The first-order chi connectivity index (χ1) is 8.48. The summed E-state index contributed by atoms with van der Waals surface area (Å²) in [7, 11) is 0. The van der Waals surface area contributed by atoms with Crippen LogP contribution in [0.1, 0.15) is 29.4 Å². The molecule has 100 valence electrons. The molecule has 1 aromatic heterocycles. The van der Waals surface area contributed by atoms with E-state index in [1.807, 2.05) is 6.92 Å². The minimum absolute atomic E-state index is 0.301. The number of rotatable bonds is 4. The quantitative estimate of drug-likeness (QED) is 0.858. The predicted octanol–water partition coefficient (Wildman–Crippen LogP) is 1.42. The van der Waals surface area contributed by atoms with Crippen molar-refractivity contribution in [2.24, 2.45) is 0 Å². The fourth-order valence-corrected chi connectivity index (χ4v) is 2.13. The molecule has 0 unspecified atom stereocenters. The Labute approximate surface area is 104 Å². The van der Waals surface area contributed by atoms with Crippen LogP contribution < -0.4 is 0 Å². The van der Waals surface area contributed by atoms with E-state index < -0.39 is 12.0 Å². The van der Waals surface area contributed by atoms with Gasteiger partial charge in [0, 0.05) is 11.9 Å². The molecule has 1 saturated heterocycles. The number of β-amino-alcohol motifs (C(OH)–C–C–N with tert-alkyl or cyclic N) is 1. The van der Waals surface area contributed by atoms with Crippen molar-refractivity contribution in [3.8, 4) is 0 Å². The minimum atomic E-state index is -2.82. The van der Waals surface area contributed by atoms with Crippen molar-refractivity contribution in [1.29, 1.82) is 0 Å². The molecule has 1 aromatic rings. The van der Waals surface area contributed by atoms with Crippen LogP contribution in [0.2, 0.25) is 0 Å². The number of alkyl halides is 2. The second-order valence-electron chi connectivity index (χ2n) is 4.69. The lowest BCUT2D eigenvalue weighted by molar-refractivity contribution is -0.166. The molecular formula is C12H16F2N2O2. The highest BCUT2D eigenvalue weighted by molar-refractivity contribution is 5.96. The maximum Gasteiger partial charge on any atom is 0.270 e. The van der Waals surface area contributed by atoms with E-state index in [9.17, 15) is 18.7 Å². The van der Waals surface area contributed by atoms with Gasteiger partial charge in [-0.2, -0.15) is 0 Å². The Morgan fingerprint density at radius 3 is 2.83 bits per heavy atom. The molecule has 1 fully saturated rings. The molecule has 2 heterocycles. The number of nitrogens with one attached hydrogen (secondary N) is 1. The van der Waals surface area contributed by atoms with Gasteiger partial charge < -0.3 is 15.0 Å². The lowest BCUT2D eigenvalue weighted by Gasteiger charge is -2.45. The molecule has 0 radical (unpaired) electrons. The van der Waals surface area contributed by atoms with Crippen molar-refractivity contribution in [3.63, 3.8) is 0 Å². The van der Waals surface area contributed by atoms with E-state index in [1.54, 1.807) is 12.3 Å². The van der Waals surface area contributed by atoms with Gasteiger partial charge in [0.15, 0.2) is 5.60 Å². The third-order valence-corrected chi connectivity index (χ3v) is 3.19. The number of likely N-dealkylation sites (tertiary alicyclic amines) is 1. The molecule has 2 rings (SSSR count). The standard InChI is InChI=1S/C12H16F2N2O2/c1-2-3-9-8(4-5-15-9)10(17)16-6-12(18,7-16)11(13)14/h4-5,11,15,18H,2-3,6-7H2,1H3. The molecule has 0 aliphatic carbocycles. The van der Waals surface area contributed by atoms with Crippen LogP contribution >= 0.6 is 0 Å². The van der Waals surface area contributed by atoms with Crippen LogP contribution in [0.25, 0.3) is 0 Å². The molecule has 1 aliphatic heterocycles. The molecule has 0 atom stereocenters. The van der Waals surface area contributed by atoms with Crippen molar-refractivity contribution in [2.75, 3.05) is 13.1 Å². The first-order valence-corrected chi connectivity index (χ1v) is 5.94. The van der Waals surface area contributed by atoms with Crippen LogP contribution in [0, 0.1) is 0 Å². The second kappa shape index (κ2) is 4.68. The average molecular weight is 258 g/mol. The van der Waals surface area contributed by atoms with Crippen molar-refractivity contribution in [1.82, 2.24) is 9.88 Å². The number of hydrogen-bond acceptors (Lipinski definition) is 2. The third-order valence-electron chi connectivity index (χ3n) is 3.19. The van der Waals surface area contributed by atoms with Gasteiger partial charge in [-0.3, -0.25) is 4.79 Å². The molecule has 0 saturated carbocycles. The predicted molar refractivity (Wildman–Crippen MR) is 61.6 cm³/mol. The van der Waals surface area contributed by atoms with E-state index in [1.165, 1.54) is 4.90 Å². The molecule has 1 aliphatic rings. The summed E-state index contributed by atoms with van der Waals surface area (Å²) in [4.78, 5) is 16.3. The Morgan fingerprint density at radius 1 is 1.61 bits per heavy atom. The molecule has 4 nitrogen and oxygen atoms in total. The van der Waals surface area contributed by atoms with Gasteiger partial charge in [-0.15, -0.1) is 0 Å². The first-order valence-electron chi connectivity index (χ1n) is 5.94. The number of amides is 1. The van der Waals surface area contributed by atoms with Gasteiger partial charge in [-0.05, 0) is 12.5 Å². The number of carbonyl (C=O) groups excluding carboxylic acids is 1. The molecule has 2 N–H and O–H groups in total. The SMILES string of the molecule is CCCc1[nH]ccc1C(=O)N1CC(O)(C(F)F)C1. The maximum absolute atomic E-state index is 12.4. The Hall–Kier alpha value is -1.43. The van der Waals surface area contributed by atoms with Crippen LogP contribution in [0.15, 0.2) is 12.3 Å². The highest BCUT2D eigenvalue weighted by Gasteiger charge is 2.51. The monoisotopic (exact) mass is 258 g/mol. The van der Waals surface area contributed by atoms with Gasteiger partial charge in [0.2, 0.25) is 0 Å². The summed E-state index contributed by atoms with van der Waals surface area (Å²) in [6, 6.07) is 1.65. The van der Waals surface area contributed by atoms with Crippen molar-refractivity contribution < 1.29 is 18.7 Å². The summed E-state index contributed by atoms with van der Waals surface area (Å²) < 4.78 is 24.9. The topological polar surface area (TPSA) is 56.3 Å². The van der Waals surface area contributed by atoms with Gasteiger partial charge >= 0.3 is 0 Å². The Morgan fingerprint density at radius 2 is 2.28 bits per heavy atom. The smallest absolute Gasteiger partial charge is 0.270 e. The number of aromatic nitrogens is 1. The largest absolute Gasteiger partial charge is 0.380 e. The van der Waals surface area contributed by atoms with Crippen molar-refractivity contribution in [3.05, 3.63) is 23.5 Å². The fraction of sp³-hybridized carbons (Fsp3) is 0.583. The number of aryl methyl sites for hydroxylation is 1. The fourth-order valence-electron chi connectivity index (χ4n) is 2.13. The van der Waals surface area contributed by atoms with Gasteiger partial charge in [-0.25, -0.2) is 8.78 Å². The second-order valence-corrected chi connectivity index (χ2v) is 4.69. The summed E-state index contributed by atoms with van der Waals surface area (Å²) in [5.74, 6) is -0.301. The zero-order chi connectivity index (χ0) is 13.3.